The number of likely N-dealkylation sites (N-methyl/N-ethyl adjacent to an activating group) is 4. The maximum Gasteiger partial charge on any atom is 2.00 e. The van der Waals surface area contributed by atoms with E-state index in [0.717, 1.165) is 0 Å². The molecule has 9 nitrogen and oxygen atoms in total. The summed E-state index contributed by atoms with van der Waals surface area (Å²) < 4.78 is 58.9. The molecule has 184 valence electrons. The van der Waals surface area contributed by atoms with E-state index in [1.807, 2.05) is 0 Å². The summed E-state index contributed by atoms with van der Waals surface area (Å²) in [7, 11) is 2.88. The summed E-state index contributed by atoms with van der Waals surface area (Å²) >= 11 is 0. The minimum absolute atomic E-state index is 0. The Hall–Kier alpha value is -0.496. The van der Waals surface area contributed by atoms with Gasteiger partial charge in [0, 0.05) is 32.7 Å². The van der Waals surface area contributed by atoms with Crippen molar-refractivity contribution < 1.29 is 52.5 Å². The molecule has 0 atom stereocenters. The van der Waals surface area contributed by atoms with Crippen molar-refractivity contribution in [3.05, 3.63) is 0 Å². The molecule has 1 aliphatic heterocycles. The van der Waals surface area contributed by atoms with Crippen molar-refractivity contribution in [2.45, 2.75) is 18.3 Å². The molecule has 1 heterocycles. The van der Waals surface area contributed by atoms with Crippen molar-refractivity contribution in [2.75, 3.05) is 80.5 Å². The molecule has 0 unspecified atom stereocenters. The second-order valence-corrected chi connectivity index (χ2v) is 8.29. The third-order valence-corrected chi connectivity index (χ3v) is 4.74. The van der Waals surface area contributed by atoms with E-state index in [1.165, 1.54) is 65.2 Å². The number of hydrogen-bond acceptors (Lipinski definition) is 9. The van der Waals surface area contributed by atoms with E-state index in [0.29, 0.717) is 0 Å². The Labute approximate surface area is 187 Å². The van der Waals surface area contributed by atoms with Crippen LogP contribution in [0.5, 0.6) is 0 Å². The van der Waals surface area contributed by atoms with E-state index < -0.39 is 22.1 Å². The van der Waals surface area contributed by atoms with Crippen LogP contribution in [0.15, 0.2) is 0 Å². The SMILES string of the molecule is CN1CCCN(C)CCN(C)CCCN(C)CC1.O=C[O-].O=S(=O)([O-])C(F)(F)F.[Ni+2]. The van der Waals surface area contributed by atoms with Crippen LogP contribution in [0.4, 0.5) is 13.2 Å². The zero-order chi connectivity index (χ0) is 23.1. The van der Waals surface area contributed by atoms with Gasteiger partial charge in [0.1, 0.15) is 0 Å². The van der Waals surface area contributed by atoms with Gasteiger partial charge in [0.2, 0.25) is 0 Å². The topological polar surface area (TPSA) is 110 Å². The fourth-order valence-corrected chi connectivity index (χ4v) is 2.35. The normalized spacial score (nSPS) is 19.7. The zero-order valence-electron chi connectivity index (χ0n) is 17.8. The molecule has 0 spiro atoms. The largest absolute Gasteiger partial charge is 2.00 e. The first kappa shape index (κ1) is 34.1. The number of hydrogen-bond donors (Lipinski definition) is 0. The van der Waals surface area contributed by atoms with Crippen LogP contribution in [0.25, 0.3) is 0 Å². The molecule has 0 saturated carbocycles. The number of carboxylic acid groups (broad SMARTS) is 1. The number of nitrogens with zero attached hydrogens (tertiary/aromatic N) is 4. The van der Waals surface area contributed by atoms with Gasteiger partial charge in [0.25, 0.3) is 0 Å². The second-order valence-electron chi connectivity index (χ2n) is 6.92. The number of carbonyl (C=O) groups is 1. The second kappa shape index (κ2) is 18.1. The van der Waals surface area contributed by atoms with Crippen molar-refractivity contribution >= 4 is 16.6 Å². The van der Waals surface area contributed by atoms with Gasteiger partial charge >= 0.3 is 22.0 Å². The van der Waals surface area contributed by atoms with E-state index in [4.69, 9.17) is 22.9 Å². The molecule has 1 aliphatic rings. The molecule has 0 aromatic carbocycles. The summed E-state index contributed by atoms with van der Waals surface area (Å²) in [5.74, 6) is 0. The van der Waals surface area contributed by atoms with Crippen LogP contribution in [0.3, 0.4) is 0 Å². The van der Waals surface area contributed by atoms with Crippen LogP contribution in [0.1, 0.15) is 12.8 Å². The molecule has 0 N–H and O–H groups in total. The maximum absolute atomic E-state index is 10.7. The molecule has 0 aromatic heterocycles. The Bertz CT molecular complexity index is 488. The first-order valence-electron chi connectivity index (χ1n) is 9.06. The van der Waals surface area contributed by atoms with Crippen LogP contribution in [-0.2, 0) is 31.4 Å². The molecule has 1 saturated heterocycles. The van der Waals surface area contributed by atoms with E-state index in [2.05, 4.69) is 47.8 Å². The third kappa shape index (κ3) is 20.8. The minimum Gasteiger partial charge on any atom is -0.741 e. The summed E-state index contributed by atoms with van der Waals surface area (Å²) in [6.45, 7) is 9.13. The van der Waals surface area contributed by atoms with Crippen LogP contribution in [-0.4, -0.2) is 125 Å². The molecule has 0 amide bonds. The Morgan fingerprint density at radius 3 is 1.03 bits per heavy atom. The van der Waals surface area contributed by atoms with Gasteiger partial charge in [-0.25, -0.2) is 8.42 Å². The van der Waals surface area contributed by atoms with Crippen LogP contribution >= 0.6 is 0 Å². The Kier molecular flexibility index (Phi) is 20.6. The molecule has 0 aromatic rings. The van der Waals surface area contributed by atoms with Gasteiger partial charge < -0.3 is 34.1 Å². The smallest absolute Gasteiger partial charge is 0.741 e. The summed E-state index contributed by atoms with van der Waals surface area (Å²) in [5, 5.41) is 8.25. The molecule has 0 bridgehead atoms. The van der Waals surface area contributed by atoms with Gasteiger partial charge in [0.05, 0.1) is 0 Å². The predicted octanol–water partition coefficient (Wildman–Crippen LogP) is -1.08. The van der Waals surface area contributed by atoms with E-state index in [-0.39, 0.29) is 16.5 Å². The summed E-state index contributed by atoms with van der Waals surface area (Å²) in [6, 6.07) is 0. The number of carbonyl (C=O) groups excluding carboxylic acids is 1. The van der Waals surface area contributed by atoms with Crippen molar-refractivity contribution in [3.63, 3.8) is 0 Å². The molecule has 14 heteroatoms. The Morgan fingerprint density at radius 1 is 0.733 bits per heavy atom. The number of rotatable bonds is 0. The summed E-state index contributed by atoms with van der Waals surface area (Å²) in [4.78, 5) is 18.1. The average molecular weight is 509 g/mol. The van der Waals surface area contributed by atoms with Crippen molar-refractivity contribution in [1.82, 2.24) is 19.6 Å². The molecule has 0 aliphatic carbocycles. The van der Waals surface area contributed by atoms with Gasteiger partial charge in [-0.3, -0.25) is 0 Å². The van der Waals surface area contributed by atoms with E-state index in [1.54, 1.807) is 0 Å². The first-order chi connectivity index (χ1) is 13.2. The van der Waals surface area contributed by atoms with Crippen molar-refractivity contribution in [1.29, 1.82) is 0 Å². The Balaban J connectivity index is -0.000000511. The standard InChI is InChI=1S/C14H32N4.CHF3O3S.CH2O2.Ni/c1-15-7-5-8-17(3)13-14-18(4)10-6-9-16(2)12-11-15;2-1(3,4)8(5,6)7;2-1-3;/h5-14H2,1-4H3;(H,5,6,7);1H,(H,2,3);/q;;;+2/p-2. The monoisotopic (exact) mass is 508 g/mol. The number of alkyl halides is 3. The van der Waals surface area contributed by atoms with Crippen LogP contribution in [0, 0.1) is 0 Å². The molecule has 1 fully saturated rings. The zero-order valence-corrected chi connectivity index (χ0v) is 19.6. The third-order valence-electron chi connectivity index (χ3n) is 4.17. The first-order valence-corrected chi connectivity index (χ1v) is 10.5. The van der Waals surface area contributed by atoms with Gasteiger partial charge in [-0.05, 0) is 67.2 Å². The maximum atomic E-state index is 10.7. The van der Waals surface area contributed by atoms with Crippen molar-refractivity contribution in [3.8, 4) is 0 Å². The van der Waals surface area contributed by atoms with Crippen molar-refractivity contribution in [2.24, 2.45) is 0 Å². The molecular formula is C16H33F3N4NiO5S. The number of halogens is 3. The Morgan fingerprint density at radius 2 is 0.900 bits per heavy atom. The van der Waals surface area contributed by atoms with Crippen LogP contribution in [0.2, 0.25) is 0 Å². The molecule has 30 heavy (non-hydrogen) atoms. The predicted molar refractivity (Wildman–Crippen MR) is 101 cm³/mol. The summed E-state index contributed by atoms with van der Waals surface area (Å²) in [5.41, 5.74) is -5.65. The quantitative estimate of drug-likeness (QED) is 0.174. The fraction of sp³-hybridized carbons (Fsp3) is 0.938. The molecule has 0 radical (unpaired) electrons. The fourth-order valence-electron chi connectivity index (χ4n) is 2.35. The van der Waals surface area contributed by atoms with Gasteiger partial charge in [-0.1, -0.05) is 0 Å². The van der Waals surface area contributed by atoms with E-state index >= 15 is 0 Å². The average Bonchev–Trinajstić information content (AvgIpc) is 2.57. The van der Waals surface area contributed by atoms with Gasteiger partial charge in [-0.15, -0.1) is 0 Å². The molecule has 1 rings (SSSR count). The minimum atomic E-state index is -6.09. The molecular weight excluding hydrogens is 476 g/mol. The van der Waals surface area contributed by atoms with E-state index in [9.17, 15) is 13.2 Å². The van der Waals surface area contributed by atoms with Gasteiger partial charge in [-0.2, -0.15) is 13.2 Å². The van der Waals surface area contributed by atoms with Crippen LogP contribution < -0.4 is 5.11 Å². The summed E-state index contributed by atoms with van der Waals surface area (Å²) in [6.07, 6.45) is 2.56. The van der Waals surface area contributed by atoms with Gasteiger partial charge in [0.15, 0.2) is 10.1 Å².